The van der Waals surface area contributed by atoms with Gasteiger partial charge < -0.3 is 15.3 Å². The van der Waals surface area contributed by atoms with Crippen LogP contribution >= 0.6 is 0 Å². The van der Waals surface area contributed by atoms with Gasteiger partial charge in [-0.3, -0.25) is 9.59 Å². The molecule has 0 saturated carbocycles. The molecular formula is C15H20N2O3. The van der Waals surface area contributed by atoms with E-state index in [-0.39, 0.29) is 12.5 Å². The number of aliphatic carboxylic acids is 1. The summed E-state index contributed by atoms with van der Waals surface area (Å²) in [5.74, 6) is -0.835. The molecule has 0 aliphatic carbocycles. The van der Waals surface area contributed by atoms with Crippen molar-refractivity contribution in [3.05, 3.63) is 29.3 Å². The van der Waals surface area contributed by atoms with Crippen LogP contribution in [0.5, 0.6) is 0 Å². The first-order valence-electron chi connectivity index (χ1n) is 6.84. The van der Waals surface area contributed by atoms with E-state index in [9.17, 15) is 9.59 Å². The molecule has 5 heteroatoms. The smallest absolute Gasteiger partial charge is 0.303 e. The number of benzene rings is 1. The molecule has 1 aromatic carbocycles. The van der Waals surface area contributed by atoms with Crippen LogP contribution in [0.15, 0.2) is 18.2 Å². The number of likely N-dealkylation sites (N-methyl/N-ethyl adjacent to an activating group) is 1. The van der Waals surface area contributed by atoms with E-state index in [1.807, 2.05) is 0 Å². The highest BCUT2D eigenvalue weighted by Crippen LogP contribution is 2.27. The first-order valence-corrected chi connectivity index (χ1v) is 6.84. The summed E-state index contributed by atoms with van der Waals surface area (Å²) in [6.45, 7) is 1.04. The van der Waals surface area contributed by atoms with Gasteiger partial charge in [-0.25, -0.2) is 0 Å². The van der Waals surface area contributed by atoms with Crippen molar-refractivity contribution in [2.75, 3.05) is 18.5 Å². The number of hydrogen-bond donors (Lipinski definition) is 2. The third kappa shape index (κ3) is 3.50. The molecule has 0 aromatic heterocycles. The predicted molar refractivity (Wildman–Crippen MR) is 77.0 cm³/mol. The van der Waals surface area contributed by atoms with Gasteiger partial charge in [0.2, 0.25) is 6.41 Å². The topological polar surface area (TPSA) is 69.6 Å². The monoisotopic (exact) mass is 276 g/mol. The number of rotatable bonds is 7. The maximum atomic E-state index is 10.6. The molecule has 1 heterocycles. The lowest BCUT2D eigenvalue weighted by atomic mass is 9.99. The molecule has 0 fully saturated rings. The minimum atomic E-state index is -0.835. The number of anilines is 1. The Kier molecular flexibility index (Phi) is 4.61. The molecule has 2 rings (SSSR count). The second-order valence-corrected chi connectivity index (χ2v) is 5.25. The first-order chi connectivity index (χ1) is 9.60. The summed E-state index contributed by atoms with van der Waals surface area (Å²) in [5.41, 5.74) is 3.73. The lowest BCUT2D eigenvalue weighted by Gasteiger charge is -2.16. The van der Waals surface area contributed by atoms with E-state index < -0.39 is 5.97 Å². The molecule has 5 nitrogen and oxygen atoms in total. The number of amides is 1. The molecule has 2 N–H and O–H groups in total. The van der Waals surface area contributed by atoms with Gasteiger partial charge in [-0.15, -0.1) is 0 Å². The Morgan fingerprint density at radius 3 is 3.05 bits per heavy atom. The van der Waals surface area contributed by atoms with Crippen LogP contribution in [0.25, 0.3) is 0 Å². The fraction of sp³-hybridized carbons (Fsp3) is 0.467. The molecule has 0 radical (unpaired) electrons. The Morgan fingerprint density at radius 2 is 2.35 bits per heavy atom. The zero-order valence-corrected chi connectivity index (χ0v) is 11.6. The summed E-state index contributed by atoms with van der Waals surface area (Å²) >= 11 is 0. The summed E-state index contributed by atoms with van der Waals surface area (Å²) in [7, 11) is 2.08. The molecule has 1 atom stereocenters. The van der Waals surface area contributed by atoms with Crippen LogP contribution in [0, 0.1) is 0 Å². The fourth-order valence-corrected chi connectivity index (χ4v) is 2.67. The lowest BCUT2D eigenvalue weighted by Crippen LogP contribution is -2.30. The molecule has 1 unspecified atom stereocenters. The first kappa shape index (κ1) is 14.4. The molecule has 108 valence electrons. The molecule has 0 saturated heterocycles. The van der Waals surface area contributed by atoms with Gasteiger partial charge in [-0.1, -0.05) is 12.1 Å². The quantitative estimate of drug-likeness (QED) is 0.734. The number of hydrogen-bond acceptors (Lipinski definition) is 3. The number of carboxylic acid groups (broad SMARTS) is 1. The minimum absolute atomic E-state index is 0.0686. The largest absolute Gasteiger partial charge is 0.481 e. The molecule has 0 bridgehead atoms. The van der Waals surface area contributed by atoms with Gasteiger partial charge in [0.25, 0.3) is 0 Å². The van der Waals surface area contributed by atoms with Crippen molar-refractivity contribution in [3.63, 3.8) is 0 Å². The molecule has 0 spiro atoms. The summed E-state index contributed by atoms with van der Waals surface area (Å²) in [6, 6.07) is 6.20. The van der Waals surface area contributed by atoms with Gasteiger partial charge >= 0.3 is 5.97 Å². The third-order valence-electron chi connectivity index (χ3n) is 3.76. The van der Waals surface area contributed by atoms with E-state index in [0.717, 1.165) is 18.5 Å². The Bertz CT molecular complexity index is 502. The fourth-order valence-electron chi connectivity index (χ4n) is 2.67. The van der Waals surface area contributed by atoms with Crippen LogP contribution in [0.3, 0.4) is 0 Å². The van der Waals surface area contributed by atoms with Gasteiger partial charge in [-0.2, -0.15) is 0 Å². The highest BCUT2D eigenvalue weighted by molar-refractivity contribution is 5.66. The van der Waals surface area contributed by atoms with E-state index in [4.69, 9.17) is 5.11 Å². The van der Waals surface area contributed by atoms with Gasteiger partial charge in [0.05, 0.1) is 0 Å². The molecule has 20 heavy (non-hydrogen) atoms. The minimum Gasteiger partial charge on any atom is -0.481 e. The normalized spacial score (nSPS) is 14.8. The zero-order chi connectivity index (χ0) is 14.5. The van der Waals surface area contributed by atoms with Crippen LogP contribution in [0.4, 0.5) is 5.69 Å². The van der Waals surface area contributed by atoms with Gasteiger partial charge in [-0.05, 0) is 36.5 Å². The molecule has 1 amide bonds. The second-order valence-electron chi connectivity index (χ2n) is 5.25. The maximum absolute atomic E-state index is 10.6. The Morgan fingerprint density at radius 1 is 1.55 bits per heavy atom. The maximum Gasteiger partial charge on any atom is 0.303 e. The second kappa shape index (κ2) is 6.41. The number of carbonyl (C=O) groups is 2. The van der Waals surface area contributed by atoms with E-state index in [1.54, 1.807) is 0 Å². The molecule has 1 aliphatic rings. The van der Waals surface area contributed by atoms with Crippen molar-refractivity contribution in [1.82, 2.24) is 5.32 Å². The molecule has 1 aromatic rings. The van der Waals surface area contributed by atoms with Crippen molar-refractivity contribution in [2.24, 2.45) is 0 Å². The average Bonchev–Trinajstić information content (AvgIpc) is 2.77. The number of nitrogens with one attached hydrogen (secondary N) is 1. The zero-order valence-electron chi connectivity index (χ0n) is 11.6. The van der Waals surface area contributed by atoms with E-state index in [0.29, 0.717) is 19.3 Å². The predicted octanol–water partition coefficient (Wildman–Crippen LogP) is 1.20. The Balaban J connectivity index is 2.03. The molecular weight excluding hydrogens is 256 g/mol. The van der Waals surface area contributed by atoms with Crippen LogP contribution < -0.4 is 10.2 Å². The van der Waals surface area contributed by atoms with Crippen molar-refractivity contribution in [2.45, 2.75) is 31.7 Å². The van der Waals surface area contributed by atoms with Gasteiger partial charge in [0, 0.05) is 31.7 Å². The van der Waals surface area contributed by atoms with E-state index in [1.165, 1.54) is 11.3 Å². The van der Waals surface area contributed by atoms with Crippen LogP contribution in [0.1, 0.15) is 24.0 Å². The molecule has 1 aliphatic heterocycles. The summed E-state index contributed by atoms with van der Waals surface area (Å²) in [6.07, 6.45) is 2.88. The van der Waals surface area contributed by atoms with Crippen molar-refractivity contribution >= 4 is 18.1 Å². The highest BCUT2D eigenvalue weighted by atomic mass is 16.4. The van der Waals surface area contributed by atoms with E-state index in [2.05, 4.69) is 35.5 Å². The van der Waals surface area contributed by atoms with Crippen LogP contribution in [0.2, 0.25) is 0 Å². The van der Waals surface area contributed by atoms with Crippen LogP contribution in [-0.4, -0.2) is 37.1 Å². The average molecular weight is 276 g/mol. The Labute approximate surface area is 118 Å². The third-order valence-corrected chi connectivity index (χ3v) is 3.76. The highest BCUT2D eigenvalue weighted by Gasteiger charge is 2.17. The van der Waals surface area contributed by atoms with Crippen molar-refractivity contribution in [1.29, 1.82) is 0 Å². The standard InChI is InChI=1S/C15H20N2O3/c1-17-7-6-12-8-11(2-4-14(12)17)9-13(16-10-18)3-5-15(19)20/h2,4,8,10,13H,3,5-7,9H2,1H3,(H,16,18)(H,19,20). The SMILES string of the molecule is CN1CCc2cc(CC(CCC(=O)O)NC=O)ccc21. The van der Waals surface area contributed by atoms with Gasteiger partial charge in [0.1, 0.15) is 0 Å². The summed E-state index contributed by atoms with van der Waals surface area (Å²) < 4.78 is 0. The van der Waals surface area contributed by atoms with E-state index >= 15 is 0 Å². The van der Waals surface area contributed by atoms with Crippen molar-refractivity contribution in [3.8, 4) is 0 Å². The lowest BCUT2D eigenvalue weighted by molar-refractivity contribution is -0.137. The Hall–Kier alpha value is -2.04. The number of nitrogens with zero attached hydrogens (tertiary/aromatic N) is 1. The summed E-state index contributed by atoms with van der Waals surface area (Å²) in [5, 5.41) is 11.4. The number of fused-ring (bicyclic) bond motifs is 1. The number of carboxylic acids is 1. The van der Waals surface area contributed by atoms with Gasteiger partial charge in [0.15, 0.2) is 0 Å². The number of carbonyl (C=O) groups excluding carboxylic acids is 1. The van der Waals surface area contributed by atoms with Crippen LogP contribution in [-0.2, 0) is 22.4 Å². The summed E-state index contributed by atoms with van der Waals surface area (Å²) in [4.78, 5) is 23.5. The van der Waals surface area contributed by atoms with Crippen molar-refractivity contribution < 1.29 is 14.7 Å².